The van der Waals surface area contributed by atoms with Gasteiger partial charge in [0.1, 0.15) is 17.0 Å². The zero-order chi connectivity index (χ0) is 24.9. The summed E-state index contributed by atoms with van der Waals surface area (Å²) in [5, 5.41) is 11.1. The summed E-state index contributed by atoms with van der Waals surface area (Å²) in [6, 6.07) is 17.0. The number of aromatic carboxylic acids is 1. The summed E-state index contributed by atoms with van der Waals surface area (Å²) in [6.07, 6.45) is 0.791. The average molecular weight is 467 g/mol. The molecule has 35 heavy (non-hydrogen) atoms. The molecule has 7 heteroatoms. The van der Waals surface area contributed by atoms with Crippen molar-refractivity contribution in [3.8, 4) is 11.1 Å². The smallest absolute Gasteiger partial charge is 0.353 e. The van der Waals surface area contributed by atoms with Gasteiger partial charge >= 0.3 is 5.97 Å². The van der Waals surface area contributed by atoms with Crippen LogP contribution in [0.3, 0.4) is 0 Å². The third-order valence-electron chi connectivity index (χ3n) is 6.51. The highest BCUT2D eigenvalue weighted by Crippen LogP contribution is 2.31. The lowest BCUT2D eigenvalue weighted by Gasteiger charge is -2.15. The lowest BCUT2D eigenvalue weighted by molar-refractivity contribution is 0.0686. The molecule has 0 fully saturated rings. The second kappa shape index (κ2) is 8.51. The molecule has 0 saturated heterocycles. The van der Waals surface area contributed by atoms with Gasteiger partial charge in [-0.25, -0.2) is 14.8 Å². The molecule has 0 radical (unpaired) electrons. The van der Waals surface area contributed by atoms with E-state index in [1.54, 1.807) is 18.2 Å². The van der Waals surface area contributed by atoms with Crippen molar-refractivity contribution < 1.29 is 9.90 Å². The van der Waals surface area contributed by atoms with Crippen molar-refractivity contribution in [2.45, 2.75) is 33.7 Å². The molecular weight excluding hydrogens is 440 g/mol. The molecule has 1 N–H and O–H groups in total. The number of pyridine rings is 2. The van der Waals surface area contributed by atoms with Gasteiger partial charge in [-0.05, 0) is 48.1 Å². The molecule has 176 valence electrons. The molecular formula is C28H26N4O3. The third kappa shape index (κ3) is 3.69. The minimum Gasteiger partial charge on any atom is -0.477 e. The fourth-order valence-corrected chi connectivity index (χ4v) is 4.85. The Labute approximate surface area is 202 Å². The van der Waals surface area contributed by atoms with Gasteiger partial charge < -0.3 is 14.2 Å². The molecule has 5 rings (SSSR count). The Morgan fingerprint density at radius 3 is 2.34 bits per heavy atom. The average Bonchev–Trinajstić information content (AvgIpc) is 3.19. The molecule has 3 aromatic heterocycles. The Morgan fingerprint density at radius 1 is 1.00 bits per heavy atom. The fraction of sp³-hybridized carbons (Fsp3) is 0.214. The van der Waals surface area contributed by atoms with E-state index in [1.165, 1.54) is 11.6 Å². The second-order valence-corrected chi connectivity index (χ2v) is 8.86. The predicted octanol–water partition coefficient (Wildman–Crippen LogP) is 4.88. The van der Waals surface area contributed by atoms with Crippen LogP contribution in [0.4, 0.5) is 0 Å². The van der Waals surface area contributed by atoms with E-state index in [0.717, 1.165) is 45.8 Å². The minimum atomic E-state index is -1.14. The molecule has 3 heterocycles. The number of hydrogen-bond donors (Lipinski definition) is 1. The van der Waals surface area contributed by atoms with Gasteiger partial charge in [0, 0.05) is 30.1 Å². The van der Waals surface area contributed by atoms with Gasteiger partial charge in [-0.1, -0.05) is 49.4 Å². The first-order valence-electron chi connectivity index (χ1n) is 11.6. The minimum absolute atomic E-state index is 0.0227. The molecule has 0 bridgehead atoms. The van der Waals surface area contributed by atoms with Gasteiger partial charge in [-0.3, -0.25) is 4.79 Å². The Kier molecular flexibility index (Phi) is 5.47. The molecule has 0 spiro atoms. The van der Waals surface area contributed by atoms with Crippen LogP contribution < -0.4 is 5.56 Å². The van der Waals surface area contributed by atoms with Crippen molar-refractivity contribution in [3.63, 3.8) is 0 Å². The largest absolute Gasteiger partial charge is 0.477 e. The molecule has 0 saturated carbocycles. The van der Waals surface area contributed by atoms with Crippen LogP contribution in [-0.4, -0.2) is 30.2 Å². The highest BCUT2D eigenvalue weighted by atomic mass is 16.4. The van der Waals surface area contributed by atoms with E-state index < -0.39 is 5.97 Å². The van der Waals surface area contributed by atoms with Crippen LogP contribution in [0.25, 0.3) is 33.1 Å². The Bertz CT molecular complexity index is 1680. The van der Waals surface area contributed by atoms with Crippen molar-refractivity contribution in [2.75, 3.05) is 0 Å². The first-order valence-corrected chi connectivity index (χ1v) is 11.6. The summed E-state index contributed by atoms with van der Waals surface area (Å²) in [5.74, 6) is -0.161. The van der Waals surface area contributed by atoms with Crippen LogP contribution in [0.1, 0.15) is 40.1 Å². The number of carbonyl (C=O) groups is 1. The normalized spacial score (nSPS) is 11.4. The molecule has 0 aliphatic carbocycles. The summed E-state index contributed by atoms with van der Waals surface area (Å²) < 4.78 is 3.37. The van der Waals surface area contributed by atoms with E-state index in [2.05, 4.69) is 18.4 Å². The van der Waals surface area contributed by atoms with Crippen LogP contribution in [0.15, 0.2) is 59.4 Å². The number of rotatable bonds is 5. The topological polar surface area (TPSA) is 90.0 Å². The van der Waals surface area contributed by atoms with E-state index in [-0.39, 0.29) is 11.3 Å². The van der Waals surface area contributed by atoms with Crippen molar-refractivity contribution >= 4 is 27.9 Å². The molecule has 2 aromatic carbocycles. The molecule has 7 nitrogen and oxygen atoms in total. The zero-order valence-electron chi connectivity index (χ0n) is 20.2. The number of aromatic nitrogens is 4. The number of imidazole rings is 1. The van der Waals surface area contributed by atoms with Gasteiger partial charge in [-0.15, -0.1) is 0 Å². The van der Waals surface area contributed by atoms with E-state index in [9.17, 15) is 14.7 Å². The Balaban J connectivity index is 1.63. The quantitative estimate of drug-likeness (QED) is 0.399. The standard InChI is InChI=1S/C28H26N4O3/c1-5-22-30-24-16(2)14-17(3)29-26(24)32(22)15-18-10-12-19(13-11-18)23-20-8-6-7-9-21(20)27(33)31(4)25(23)28(34)35/h6-14H,5,15H2,1-4H3,(H,34,35). The number of carboxylic acids is 1. The first kappa shape index (κ1) is 22.5. The third-order valence-corrected chi connectivity index (χ3v) is 6.51. The maximum absolute atomic E-state index is 12.8. The van der Waals surface area contributed by atoms with Gasteiger partial charge in [0.15, 0.2) is 5.65 Å². The van der Waals surface area contributed by atoms with Crippen molar-refractivity contribution in [1.29, 1.82) is 0 Å². The first-order chi connectivity index (χ1) is 16.8. The highest BCUT2D eigenvalue weighted by Gasteiger charge is 2.21. The number of benzene rings is 2. The van der Waals surface area contributed by atoms with Crippen molar-refractivity contribution in [2.24, 2.45) is 7.05 Å². The summed E-state index contributed by atoms with van der Waals surface area (Å²) >= 11 is 0. The number of carboxylic acid groups (broad SMARTS) is 1. The number of hydrogen-bond acceptors (Lipinski definition) is 4. The molecule has 0 amide bonds. The van der Waals surface area contributed by atoms with E-state index in [1.807, 2.05) is 43.3 Å². The van der Waals surface area contributed by atoms with E-state index in [4.69, 9.17) is 9.97 Å². The molecule has 0 atom stereocenters. The van der Waals surface area contributed by atoms with Crippen LogP contribution in [0.5, 0.6) is 0 Å². The maximum atomic E-state index is 12.8. The van der Waals surface area contributed by atoms with Crippen molar-refractivity contribution in [1.82, 2.24) is 19.1 Å². The second-order valence-electron chi connectivity index (χ2n) is 8.86. The van der Waals surface area contributed by atoms with Crippen LogP contribution in [0, 0.1) is 13.8 Å². The zero-order valence-corrected chi connectivity index (χ0v) is 20.2. The number of aryl methyl sites for hydroxylation is 3. The summed E-state index contributed by atoms with van der Waals surface area (Å²) in [6.45, 7) is 6.73. The molecule has 0 unspecified atom stereocenters. The van der Waals surface area contributed by atoms with Gasteiger partial charge in [0.2, 0.25) is 0 Å². The van der Waals surface area contributed by atoms with Crippen LogP contribution in [0.2, 0.25) is 0 Å². The SMILES string of the molecule is CCc1nc2c(C)cc(C)nc2n1Cc1ccc(-c2c(C(=O)O)n(C)c(=O)c3ccccc23)cc1. The number of fused-ring (bicyclic) bond motifs is 2. The molecule has 5 aromatic rings. The van der Waals surface area contributed by atoms with Gasteiger partial charge in [-0.2, -0.15) is 0 Å². The maximum Gasteiger partial charge on any atom is 0.353 e. The molecule has 0 aliphatic rings. The summed E-state index contributed by atoms with van der Waals surface area (Å²) in [5.41, 5.74) is 5.85. The monoisotopic (exact) mass is 466 g/mol. The summed E-state index contributed by atoms with van der Waals surface area (Å²) in [4.78, 5) is 34.5. The predicted molar refractivity (Wildman–Crippen MR) is 137 cm³/mol. The molecule has 0 aliphatic heterocycles. The Hall–Kier alpha value is -4.26. The van der Waals surface area contributed by atoms with Crippen LogP contribution in [-0.2, 0) is 20.0 Å². The lowest BCUT2D eigenvalue weighted by atomic mass is 9.96. The highest BCUT2D eigenvalue weighted by molar-refractivity contribution is 6.06. The van der Waals surface area contributed by atoms with E-state index >= 15 is 0 Å². The van der Waals surface area contributed by atoms with Crippen molar-refractivity contribution in [3.05, 3.63) is 93.3 Å². The Morgan fingerprint density at radius 2 is 1.69 bits per heavy atom. The van der Waals surface area contributed by atoms with Gasteiger partial charge in [0.25, 0.3) is 5.56 Å². The number of nitrogens with zero attached hydrogens (tertiary/aromatic N) is 4. The van der Waals surface area contributed by atoms with Crippen LogP contribution >= 0.6 is 0 Å². The summed E-state index contributed by atoms with van der Waals surface area (Å²) in [7, 11) is 1.50. The fourth-order valence-electron chi connectivity index (χ4n) is 4.85. The van der Waals surface area contributed by atoms with E-state index in [0.29, 0.717) is 22.9 Å². The lowest BCUT2D eigenvalue weighted by Crippen LogP contribution is -2.24. The van der Waals surface area contributed by atoms with Gasteiger partial charge in [0.05, 0.1) is 6.54 Å².